The molecule has 0 aliphatic rings. The van der Waals surface area contributed by atoms with Crippen LogP contribution >= 0.6 is 27.5 Å². The molecule has 6 nitrogen and oxygen atoms in total. The van der Waals surface area contributed by atoms with Gasteiger partial charge in [-0.25, -0.2) is 9.18 Å². The molecule has 1 atom stereocenters. The molecule has 2 aromatic rings. The van der Waals surface area contributed by atoms with Crippen molar-refractivity contribution in [2.45, 2.75) is 45.4 Å². The molecule has 1 unspecified atom stereocenters. The summed E-state index contributed by atoms with van der Waals surface area (Å²) in [7, 11) is 0. The van der Waals surface area contributed by atoms with E-state index in [9.17, 15) is 9.18 Å². The van der Waals surface area contributed by atoms with Crippen molar-refractivity contribution in [3.63, 3.8) is 0 Å². The lowest BCUT2D eigenvalue weighted by molar-refractivity contribution is 0.0448. The lowest BCUT2D eigenvalue weighted by Gasteiger charge is -2.32. The zero-order valence-electron chi connectivity index (χ0n) is 15.3. The lowest BCUT2D eigenvalue weighted by atomic mass is 9.91. The molecule has 9 heteroatoms. The van der Waals surface area contributed by atoms with Crippen LogP contribution in [0.5, 0.6) is 0 Å². The number of nitrogens with one attached hydrogen (secondary N) is 1. The zero-order valence-corrected chi connectivity index (χ0v) is 17.7. The molecule has 0 saturated carbocycles. The molecule has 0 fully saturated rings. The first-order chi connectivity index (χ1) is 12.4. The summed E-state index contributed by atoms with van der Waals surface area (Å²) in [5.41, 5.74) is -1.73. The van der Waals surface area contributed by atoms with Crippen molar-refractivity contribution in [3.05, 3.63) is 56.8 Å². The van der Waals surface area contributed by atoms with E-state index in [4.69, 9.17) is 22.9 Å². The van der Waals surface area contributed by atoms with Gasteiger partial charge < -0.3 is 14.9 Å². The van der Waals surface area contributed by atoms with E-state index >= 15 is 0 Å². The van der Waals surface area contributed by atoms with Gasteiger partial charge in [0.1, 0.15) is 17.6 Å². The van der Waals surface area contributed by atoms with Crippen LogP contribution in [0.1, 0.15) is 33.3 Å². The zero-order chi connectivity index (χ0) is 20.4. The third-order valence-electron chi connectivity index (χ3n) is 3.61. The average molecular weight is 458 g/mol. The van der Waals surface area contributed by atoms with Gasteiger partial charge in [-0.1, -0.05) is 15.9 Å². The van der Waals surface area contributed by atoms with Crippen molar-refractivity contribution in [3.8, 4) is 0 Å². The van der Waals surface area contributed by atoms with Crippen LogP contribution in [0.25, 0.3) is 4.85 Å². The number of ether oxygens (including phenoxy) is 1. The summed E-state index contributed by atoms with van der Waals surface area (Å²) >= 11 is 9.22. The van der Waals surface area contributed by atoms with Gasteiger partial charge in [0.05, 0.1) is 12.1 Å². The van der Waals surface area contributed by atoms with E-state index in [0.717, 1.165) is 0 Å². The molecule has 1 aromatic heterocycles. The number of hydrogen-bond donors (Lipinski definition) is 1. The number of hydrogen-bond acceptors (Lipinski definition) is 3. The van der Waals surface area contributed by atoms with Crippen LogP contribution < -0.4 is 5.32 Å². The average Bonchev–Trinajstić information content (AvgIpc) is 2.86. The highest BCUT2D eigenvalue weighted by Crippen LogP contribution is 2.31. The number of nitrogens with zero attached hydrogens (tertiary/aromatic N) is 3. The van der Waals surface area contributed by atoms with Crippen molar-refractivity contribution in [1.29, 1.82) is 0 Å². The second-order valence-electron chi connectivity index (χ2n) is 7.19. The van der Waals surface area contributed by atoms with Gasteiger partial charge >= 0.3 is 12.0 Å². The van der Waals surface area contributed by atoms with E-state index in [1.807, 2.05) is 0 Å². The lowest BCUT2D eigenvalue weighted by Crippen LogP contribution is -2.48. The third kappa shape index (κ3) is 5.44. The number of halogens is 3. The van der Waals surface area contributed by atoms with E-state index in [1.165, 1.54) is 16.8 Å². The summed E-state index contributed by atoms with van der Waals surface area (Å²) in [5, 5.41) is 2.86. The van der Waals surface area contributed by atoms with Crippen molar-refractivity contribution >= 4 is 39.6 Å². The monoisotopic (exact) mass is 456 g/mol. The maximum atomic E-state index is 14.6. The minimum atomic E-state index is -1.24. The van der Waals surface area contributed by atoms with Gasteiger partial charge in [0.2, 0.25) is 5.15 Å². The molecular weight excluding hydrogens is 439 g/mol. The third-order valence-corrected chi connectivity index (χ3v) is 4.29. The Morgan fingerprint density at radius 3 is 2.70 bits per heavy atom. The second kappa shape index (κ2) is 7.87. The Morgan fingerprint density at radius 1 is 1.44 bits per heavy atom. The smallest absolute Gasteiger partial charge is 0.408 e. The Balaban J connectivity index is 2.49. The molecule has 2 rings (SSSR count). The molecule has 27 heavy (non-hydrogen) atoms. The fourth-order valence-corrected chi connectivity index (χ4v) is 3.12. The van der Waals surface area contributed by atoms with Gasteiger partial charge in [-0.2, -0.15) is 0 Å². The Bertz CT molecular complexity index is 904. The Kier molecular flexibility index (Phi) is 6.17. The summed E-state index contributed by atoms with van der Waals surface area (Å²) in [5.74, 6) is -0.472. The van der Waals surface area contributed by atoms with E-state index in [2.05, 4.69) is 31.1 Å². The molecule has 0 saturated heterocycles. The van der Waals surface area contributed by atoms with Crippen LogP contribution in [-0.4, -0.2) is 21.2 Å². The summed E-state index contributed by atoms with van der Waals surface area (Å²) < 4.78 is 22.1. The van der Waals surface area contributed by atoms with Gasteiger partial charge in [-0.3, -0.25) is 4.57 Å². The number of amides is 1. The van der Waals surface area contributed by atoms with E-state index in [-0.39, 0.29) is 23.2 Å². The Hall–Kier alpha value is -2.11. The summed E-state index contributed by atoms with van der Waals surface area (Å²) in [6.07, 6.45) is 0.750. The van der Waals surface area contributed by atoms with Gasteiger partial charge in [-0.15, -0.1) is 11.6 Å². The van der Waals surface area contributed by atoms with Crippen molar-refractivity contribution in [1.82, 2.24) is 14.9 Å². The van der Waals surface area contributed by atoms with Crippen molar-refractivity contribution in [2.75, 3.05) is 0 Å². The highest BCUT2D eigenvalue weighted by Gasteiger charge is 2.36. The molecule has 1 N–H and O–H groups in total. The first-order valence-corrected chi connectivity index (χ1v) is 9.17. The highest BCUT2D eigenvalue weighted by atomic mass is 79.9. The number of carbonyl (C=O) groups excluding carboxylic acids is 1. The predicted octanol–water partition coefficient (Wildman–Crippen LogP) is 5.43. The molecule has 0 bridgehead atoms. The molecule has 1 aromatic carbocycles. The van der Waals surface area contributed by atoms with Crippen LogP contribution in [0.3, 0.4) is 0 Å². The highest BCUT2D eigenvalue weighted by molar-refractivity contribution is 9.10. The van der Waals surface area contributed by atoms with Crippen LogP contribution in [-0.2, 0) is 16.8 Å². The second-order valence-corrected chi connectivity index (χ2v) is 8.49. The predicted molar refractivity (Wildman–Crippen MR) is 104 cm³/mol. The summed E-state index contributed by atoms with van der Waals surface area (Å²) in [6.45, 7) is 14.1. The normalized spacial score (nSPS) is 13.6. The molecule has 0 aliphatic carbocycles. The minimum absolute atomic E-state index is 0.0249. The molecule has 1 heterocycles. The number of rotatable bonds is 4. The standard InChI is InChI=1S/C18H19BrClFN4O2/c1-17(2,3)27-16(26)24-18(4,12-8-11(19)6-7-13(12)21)10-25-9-14(20)23-15(25)22-5/h6-9H,10H2,1-4H3,(H,24,26). The maximum Gasteiger partial charge on any atom is 0.408 e. The first-order valence-electron chi connectivity index (χ1n) is 8.00. The fraction of sp³-hybridized carbons (Fsp3) is 0.389. The SMILES string of the molecule is [C-]#[N+]c1nc(Cl)cn1CC(C)(NC(=O)OC(C)(C)C)c1cc(Br)ccc1F. The molecule has 0 radical (unpaired) electrons. The fourth-order valence-electron chi connectivity index (χ4n) is 2.56. The van der Waals surface area contributed by atoms with E-state index in [1.54, 1.807) is 39.8 Å². The van der Waals surface area contributed by atoms with Gasteiger partial charge in [-0.05, 0) is 57.5 Å². The van der Waals surface area contributed by atoms with E-state index < -0.39 is 23.1 Å². The Labute approximate surface area is 170 Å². The van der Waals surface area contributed by atoms with Crippen LogP contribution in [0.15, 0.2) is 28.9 Å². The Morgan fingerprint density at radius 2 is 2.11 bits per heavy atom. The van der Waals surface area contributed by atoms with Crippen molar-refractivity contribution < 1.29 is 13.9 Å². The van der Waals surface area contributed by atoms with Crippen LogP contribution in [0.4, 0.5) is 15.1 Å². The van der Waals surface area contributed by atoms with Gasteiger partial charge in [0, 0.05) is 10.0 Å². The minimum Gasteiger partial charge on any atom is -0.444 e. The van der Waals surface area contributed by atoms with Crippen molar-refractivity contribution in [2.24, 2.45) is 0 Å². The van der Waals surface area contributed by atoms with E-state index in [0.29, 0.717) is 4.47 Å². The molecule has 0 aliphatic heterocycles. The molecule has 0 spiro atoms. The summed E-state index contributed by atoms with van der Waals surface area (Å²) in [6, 6.07) is 4.43. The number of aromatic nitrogens is 2. The molecular formula is C18H19BrClFN4O2. The van der Waals surface area contributed by atoms with Gasteiger partial charge in [0.25, 0.3) is 0 Å². The van der Waals surface area contributed by atoms with Gasteiger partial charge in [0.15, 0.2) is 0 Å². The van der Waals surface area contributed by atoms with Crippen LogP contribution in [0.2, 0.25) is 5.15 Å². The molecule has 1 amide bonds. The number of carbonyl (C=O) groups is 1. The number of alkyl carbamates (subject to hydrolysis) is 1. The summed E-state index contributed by atoms with van der Waals surface area (Å²) in [4.78, 5) is 19.6. The topological polar surface area (TPSA) is 60.5 Å². The molecule has 144 valence electrons. The maximum absolute atomic E-state index is 14.6. The largest absolute Gasteiger partial charge is 0.444 e. The van der Waals surface area contributed by atoms with Crippen LogP contribution in [0, 0.1) is 12.4 Å². The first kappa shape index (κ1) is 21.2. The number of imidazole rings is 1. The number of benzene rings is 1. The quantitative estimate of drug-likeness (QED) is 0.623.